The molecule has 1 aliphatic carbocycles. The predicted molar refractivity (Wildman–Crippen MR) is 140 cm³/mol. The van der Waals surface area contributed by atoms with Crippen LogP contribution in [0.2, 0.25) is 0 Å². The van der Waals surface area contributed by atoms with Crippen LogP contribution < -0.4 is 19.6 Å². The highest BCUT2D eigenvalue weighted by Gasteiger charge is 2.48. The lowest BCUT2D eigenvalue weighted by atomic mass is 9.94. The third-order valence-electron chi connectivity index (χ3n) is 7.27. The molecular formula is C28H30O13. The third-order valence-corrected chi connectivity index (χ3v) is 7.27. The van der Waals surface area contributed by atoms with E-state index in [-0.39, 0.29) is 35.3 Å². The molecule has 6 N–H and O–H groups in total. The van der Waals surface area contributed by atoms with E-state index in [1.807, 2.05) is 0 Å². The van der Waals surface area contributed by atoms with Crippen molar-refractivity contribution in [2.24, 2.45) is 0 Å². The van der Waals surface area contributed by atoms with Crippen LogP contribution >= 0.6 is 0 Å². The average Bonchev–Trinajstić information content (AvgIpc) is 2.95. The summed E-state index contributed by atoms with van der Waals surface area (Å²) in [7, 11) is 1.50. The van der Waals surface area contributed by atoms with Crippen molar-refractivity contribution in [3.8, 4) is 34.3 Å². The number of rotatable bonds is 7. The van der Waals surface area contributed by atoms with Crippen molar-refractivity contribution in [1.82, 2.24) is 0 Å². The minimum absolute atomic E-state index is 0.133. The van der Waals surface area contributed by atoms with Crippen molar-refractivity contribution >= 4 is 16.9 Å². The summed E-state index contributed by atoms with van der Waals surface area (Å²) in [4.78, 5) is 24.8. The highest BCUT2D eigenvalue weighted by atomic mass is 16.7. The zero-order valence-electron chi connectivity index (χ0n) is 21.9. The number of carbonyl (C=O) groups is 1. The number of carboxylic acid groups (broad SMARTS) is 1. The first-order valence-electron chi connectivity index (χ1n) is 13.0. The number of hydrogen-bond donors (Lipinski definition) is 6. The van der Waals surface area contributed by atoms with E-state index < -0.39 is 59.4 Å². The Bertz CT molecular complexity index is 1480. The Balaban J connectivity index is 1.62. The molecule has 13 heteroatoms. The Kier molecular flexibility index (Phi) is 7.81. The molecule has 2 heterocycles. The number of aliphatic carboxylic acids is 1. The summed E-state index contributed by atoms with van der Waals surface area (Å²) in [6.45, 7) is 0. The third kappa shape index (κ3) is 5.54. The van der Waals surface area contributed by atoms with E-state index in [2.05, 4.69) is 0 Å². The molecule has 0 radical (unpaired) electrons. The van der Waals surface area contributed by atoms with Crippen LogP contribution in [0, 0.1) is 0 Å². The lowest BCUT2D eigenvalue weighted by Gasteiger charge is -2.39. The molecule has 0 bridgehead atoms. The van der Waals surface area contributed by atoms with E-state index in [1.165, 1.54) is 13.2 Å². The van der Waals surface area contributed by atoms with Gasteiger partial charge in [0.15, 0.2) is 23.0 Å². The Morgan fingerprint density at radius 3 is 2.32 bits per heavy atom. The zero-order valence-corrected chi connectivity index (χ0v) is 21.9. The molecule has 1 saturated carbocycles. The Morgan fingerprint density at radius 2 is 1.68 bits per heavy atom. The van der Waals surface area contributed by atoms with Crippen LogP contribution in [-0.4, -0.2) is 80.2 Å². The first-order valence-corrected chi connectivity index (χ1v) is 13.0. The standard InChI is InChI=1S/C28H30O13/c1-37-14-7-5-13(6-8-14)16-11-15(29)19-17(38-16)12-18(24(20(19)30)41-28(36)9-3-2-4-10-28)39-27-23(33)21(31)22(32)25(40-27)26(34)35/h5-8,11-12,21-23,25,27,30-33,36H,2-4,9-10H2,1H3,(H,34,35). The first-order chi connectivity index (χ1) is 19.5. The number of aliphatic hydroxyl groups excluding tert-OH is 3. The summed E-state index contributed by atoms with van der Waals surface area (Å²) in [5, 5.41) is 62.2. The SMILES string of the molecule is COc1ccc(-c2cc(=O)c3c(O)c(OC4(O)CCCCC4)c(OC4OC(C(=O)O)C(O)C(O)C4O)cc3o2)cc1. The van der Waals surface area contributed by atoms with Gasteiger partial charge in [-0.15, -0.1) is 0 Å². The van der Waals surface area contributed by atoms with Crippen LogP contribution in [-0.2, 0) is 9.53 Å². The lowest BCUT2D eigenvalue weighted by molar-refractivity contribution is -0.271. The maximum atomic E-state index is 13.2. The van der Waals surface area contributed by atoms with Crippen LogP contribution in [0.15, 0.2) is 45.6 Å². The molecule has 5 unspecified atom stereocenters. The second-order valence-electron chi connectivity index (χ2n) is 10.1. The normalized spacial score (nSPS) is 25.9. The van der Waals surface area contributed by atoms with Gasteiger partial charge in [-0.1, -0.05) is 6.42 Å². The highest BCUT2D eigenvalue weighted by Crippen LogP contribution is 2.46. The quantitative estimate of drug-likeness (QED) is 0.221. The van der Waals surface area contributed by atoms with Gasteiger partial charge in [-0.2, -0.15) is 0 Å². The fraction of sp³-hybridized carbons (Fsp3) is 0.429. The van der Waals surface area contributed by atoms with Crippen molar-refractivity contribution in [2.45, 2.75) is 68.6 Å². The van der Waals surface area contributed by atoms with Crippen LogP contribution in [0.25, 0.3) is 22.3 Å². The van der Waals surface area contributed by atoms with E-state index in [0.717, 1.165) is 12.5 Å². The molecule has 41 heavy (non-hydrogen) atoms. The maximum absolute atomic E-state index is 13.2. The highest BCUT2D eigenvalue weighted by molar-refractivity contribution is 5.89. The largest absolute Gasteiger partial charge is 0.504 e. The summed E-state index contributed by atoms with van der Waals surface area (Å²) >= 11 is 0. The first kappa shape index (κ1) is 28.6. The van der Waals surface area contributed by atoms with Crippen molar-refractivity contribution in [2.75, 3.05) is 7.11 Å². The fourth-order valence-corrected chi connectivity index (χ4v) is 5.02. The van der Waals surface area contributed by atoms with Gasteiger partial charge in [0.05, 0.1) is 7.11 Å². The maximum Gasteiger partial charge on any atom is 0.335 e. The molecule has 1 aliphatic heterocycles. The van der Waals surface area contributed by atoms with E-state index in [9.17, 15) is 40.2 Å². The predicted octanol–water partition coefficient (Wildman–Crippen LogP) is 1.48. The number of phenols is 1. The fourth-order valence-electron chi connectivity index (χ4n) is 5.02. The van der Waals surface area contributed by atoms with Crippen LogP contribution in [0.3, 0.4) is 0 Å². The van der Waals surface area contributed by atoms with Gasteiger partial charge in [-0.3, -0.25) is 4.79 Å². The summed E-state index contributed by atoms with van der Waals surface area (Å²) < 4.78 is 27.8. The summed E-state index contributed by atoms with van der Waals surface area (Å²) in [6.07, 6.45) is -7.15. The van der Waals surface area contributed by atoms with Gasteiger partial charge in [0, 0.05) is 30.5 Å². The van der Waals surface area contributed by atoms with Gasteiger partial charge in [0.2, 0.25) is 17.8 Å². The number of methoxy groups -OCH3 is 1. The number of ether oxygens (including phenoxy) is 4. The second kappa shape index (κ2) is 11.2. The Hall–Kier alpha value is -3.88. The molecule has 1 saturated heterocycles. The van der Waals surface area contributed by atoms with Gasteiger partial charge in [-0.05, 0) is 37.1 Å². The molecule has 0 amide bonds. The number of hydrogen-bond acceptors (Lipinski definition) is 12. The van der Waals surface area contributed by atoms with E-state index >= 15 is 0 Å². The van der Waals surface area contributed by atoms with Crippen LogP contribution in [0.1, 0.15) is 32.1 Å². The van der Waals surface area contributed by atoms with Crippen LogP contribution in [0.5, 0.6) is 23.0 Å². The van der Waals surface area contributed by atoms with Gasteiger partial charge in [0.1, 0.15) is 40.8 Å². The summed E-state index contributed by atoms with van der Waals surface area (Å²) in [5.41, 5.74) is -0.296. The van der Waals surface area contributed by atoms with Gasteiger partial charge in [0.25, 0.3) is 0 Å². The average molecular weight is 575 g/mol. The van der Waals surface area contributed by atoms with Gasteiger partial charge in [-0.25, -0.2) is 4.79 Å². The monoisotopic (exact) mass is 574 g/mol. The molecular weight excluding hydrogens is 544 g/mol. The second-order valence-corrected chi connectivity index (χ2v) is 10.1. The molecule has 1 aromatic heterocycles. The summed E-state index contributed by atoms with van der Waals surface area (Å²) in [6, 6.07) is 8.96. The summed E-state index contributed by atoms with van der Waals surface area (Å²) in [5.74, 6) is -4.24. The molecule has 220 valence electrons. The number of benzene rings is 2. The molecule has 13 nitrogen and oxygen atoms in total. The smallest absolute Gasteiger partial charge is 0.335 e. The topological polar surface area (TPSA) is 206 Å². The number of aromatic hydroxyl groups is 1. The van der Waals surface area contributed by atoms with Gasteiger partial charge < -0.3 is 54.0 Å². The molecule has 3 aromatic rings. The van der Waals surface area contributed by atoms with Crippen molar-refractivity contribution in [3.63, 3.8) is 0 Å². The number of phenolic OH excluding ortho intramolecular Hbond substituents is 1. The van der Waals surface area contributed by atoms with Gasteiger partial charge >= 0.3 is 5.97 Å². The van der Waals surface area contributed by atoms with Crippen molar-refractivity contribution in [3.05, 3.63) is 46.6 Å². The van der Waals surface area contributed by atoms with Crippen LogP contribution in [0.4, 0.5) is 0 Å². The lowest BCUT2D eigenvalue weighted by Crippen LogP contribution is -2.61. The minimum Gasteiger partial charge on any atom is -0.504 e. The van der Waals surface area contributed by atoms with E-state index in [1.54, 1.807) is 24.3 Å². The number of carboxylic acids is 1. The molecule has 0 spiro atoms. The number of fused-ring (bicyclic) bond motifs is 1. The van der Waals surface area contributed by atoms with E-state index in [0.29, 0.717) is 24.2 Å². The molecule has 2 fully saturated rings. The molecule has 5 atom stereocenters. The minimum atomic E-state index is -1.96. The molecule has 2 aromatic carbocycles. The Labute approximate surface area is 232 Å². The number of aliphatic hydroxyl groups is 4. The van der Waals surface area contributed by atoms with Crippen molar-refractivity contribution < 1.29 is 58.8 Å². The van der Waals surface area contributed by atoms with E-state index in [4.69, 9.17) is 23.4 Å². The Morgan fingerprint density at radius 1 is 1.00 bits per heavy atom. The molecule has 2 aliphatic rings. The molecule has 5 rings (SSSR count). The van der Waals surface area contributed by atoms with Crippen molar-refractivity contribution in [1.29, 1.82) is 0 Å². The zero-order chi connectivity index (χ0) is 29.5.